The van der Waals surface area contributed by atoms with E-state index in [2.05, 4.69) is 0 Å². The molecular weight excluding hydrogens is 222 g/mol. The van der Waals surface area contributed by atoms with Crippen molar-refractivity contribution >= 4 is 12.3 Å². The van der Waals surface area contributed by atoms with E-state index in [0.29, 0.717) is 12.0 Å². The average Bonchev–Trinajstić information content (AvgIpc) is 2.37. The highest BCUT2D eigenvalue weighted by atomic mass is 16.5. The topological polar surface area (TPSA) is 76.4 Å². The number of aldehydes is 1. The highest BCUT2D eigenvalue weighted by Crippen LogP contribution is 2.22. The van der Waals surface area contributed by atoms with E-state index in [1.54, 1.807) is 6.92 Å². The minimum Gasteiger partial charge on any atom is -0.497 e. The Balaban J connectivity index is 3.40. The Hall–Kier alpha value is -2.35. The van der Waals surface area contributed by atoms with Gasteiger partial charge >= 0.3 is 5.97 Å². The van der Waals surface area contributed by atoms with E-state index < -0.39 is 5.97 Å². The molecule has 0 aliphatic rings. The Morgan fingerprint density at radius 3 is 2.71 bits per heavy atom. The third-order valence-electron chi connectivity index (χ3n) is 2.11. The summed E-state index contributed by atoms with van der Waals surface area (Å²) < 4.78 is 9.76. The van der Waals surface area contributed by atoms with E-state index in [-0.39, 0.29) is 23.3 Å². The predicted molar refractivity (Wildman–Crippen MR) is 59.1 cm³/mol. The lowest BCUT2D eigenvalue weighted by Gasteiger charge is -2.08. The number of nitrogens with zero attached hydrogens (tertiary/aromatic N) is 1. The van der Waals surface area contributed by atoms with Gasteiger partial charge in [0.05, 0.1) is 24.8 Å². The van der Waals surface area contributed by atoms with Crippen molar-refractivity contribution in [2.75, 3.05) is 13.7 Å². The van der Waals surface area contributed by atoms with E-state index in [1.165, 1.54) is 19.2 Å². The molecule has 0 unspecified atom stereocenters. The SMILES string of the molecule is CCOC(=O)c1cc(OC)cc(C=O)c1C#N. The maximum absolute atomic E-state index is 11.6. The minimum atomic E-state index is -0.647. The van der Waals surface area contributed by atoms with Crippen LogP contribution in [0.2, 0.25) is 0 Å². The molecule has 0 amide bonds. The van der Waals surface area contributed by atoms with Crippen LogP contribution in [-0.4, -0.2) is 26.0 Å². The summed E-state index contributed by atoms with van der Waals surface area (Å²) >= 11 is 0. The van der Waals surface area contributed by atoms with Crippen molar-refractivity contribution in [3.63, 3.8) is 0 Å². The molecule has 0 saturated carbocycles. The van der Waals surface area contributed by atoms with Crippen LogP contribution in [0.4, 0.5) is 0 Å². The first-order valence-corrected chi connectivity index (χ1v) is 4.92. The lowest BCUT2D eigenvalue weighted by atomic mass is 10.0. The van der Waals surface area contributed by atoms with Crippen molar-refractivity contribution in [1.29, 1.82) is 5.26 Å². The number of benzene rings is 1. The molecule has 0 aromatic heterocycles. The summed E-state index contributed by atoms with van der Waals surface area (Å²) in [4.78, 5) is 22.4. The third kappa shape index (κ3) is 2.61. The average molecular weight is 233 g/mol. The van der Waals surface area contributed by atoms with Crippen LogP contribution < -0.4 is 4.74 Å². The summed E-state index contributed by atoms with van der Waals surface area (Å²) in [6.45, 7) is 1.85. The monoisotopic (exact) mass is 233 g/mol. The Bertz CT molecular complexity index is 488. The molecule has 1 aromatic carbocycles. The van der Waals surface area contributed by atoms with Gasteiger partial charge < -0.3 is 9.47 Å². The fourth-order valence-corrected chi connectivity index (χ4v) is 1.34. The zero-order valence-corrected chi connectivity index (χ0v) is 9.52. The Morgan fingerprint density at radius 1 is 1.53 bits per heavy atom. The van der Waals surface area contributed by atoms with Crippen molar-refractivity contribution in [2.24, 2.45) is 0 Å². The summed E-state index contributed by atoms with van der Waals surface area (Å²) in [5.41, 5.74) is 0.143. The molecule has 0 fully saturated rings. The number of ether oxygens (including phenoxy) is 2. The van der Waals surface area contributed by atoms with Crippen molar-refractivity contribution < 1.29 is 19.1 Å². The first-order valence-electron chi connectivity index (χ1n) is 4.92. The molecule has 0 spiro atoms. The number of carbonyl (C=O) groups excluding carboxylic acids is 2. The molecule has 5 nitrogen and oxygen atoms in total. The van der Waals surface area contributed by atoms with Crippen LogP contribution in [0.15, 0.2) is 12.1 Å². The summed E-state index contributed by atoms with van der Waals surface area (Å²) in [7, 11) is 1.41. The van der Waals surface area contributed by atoms with Crippen LogP contribution in [0, 0.1) is 11.3 Å². The molecule has 17 heavy (non-hydrogen) atoms. The third-order valence-corrected chi connectivity index (χ3v) is 2.11. The summed E-state index contributed by atoms with van der Waals surface area (Å²) in [6, 6.07) is 4.59. The molecule has 0 N–H and O–H groups in total. The molecule has 1 rings (SSSR count). The van der Waals surface area contributed by atoms with Gasteiger partial charge in [-0.2, -0.15) is 5.26 Å². The minimum absolute atomic E-state index is 0.000694. The number of nitriles is 1. The maximum atomic E-state index is 11.6. The second kappa shape index (κ2) is 5.66. The Labute approximate surface area is 98.6 Å². The number of esters is 1. The van der Waals surface area contributed by atoms with Crippen LogP contribution in [0.1, 0.15) is 33.2 Å². The number of methoxy groups -OCH3 is 1. The van der Waals surface area contributed by atoms with E-state index in [0.717, 1.165) is 0 Å². The zero-order valence-electron chi connectivity index (χ0n) is 9.52. The van der Waals surface area contributed by atoms with Crippen molar-refractivity contribution in [1.82, 2.24) is 0 Å². The van der Waals surface area contributed by atoms with Crippen molar-refractivity contribution in [2.45, 2.75) is 6.92 Å². The number of rotatable bonds is 4. The fourth-order valence-electron chi connectivity index (χ4n) is 1.34. The molecule has 5 heteroatoms. The lowest BCUT2D eigenvalue weighted by molar-refractivity contribution is 0.0525. The van der Waals surface area contributed by atoms with Gasteiger partial charge in [0.15, 0.2) is 6.29 Å². The summed E-state index contributed by atoms with van der Waals surface area (Å²) in [5, 5.41) is 8.95. The molecule has 0 heterocycles. The zero-order chi connectivity index (χ0) is 12.8. The van der Waals surface area contributed by atoms with E-state index in [9.17, 15) is 9.59 Å². The standard InChI is InChI=1S/C12H11NO4/c1-3-17-12(15)10-5-9(16-2)4-8(7-14)11(10)6-13/h4-5,7H,3H2,1-2H3. The highest BCUT2D eigenvalue weighted by Gasteiger charge is 2.17. The van der Waals surface area contributed by atoms with E-state index in [1.807, 2.05) is 6.07 Å². The fraction of sp³-hybridized carbons (Fsp3) is 0.250. The largest absolute Gasteiger partial charge is 0.497 e. The van der Waals surface area contributed by atoms with Gasteiger partial charge in [0.2, 0.25) is 0 Å². The van der Waals surface area contributed by atoms with E-state index in [4.69, 9.17) is 14.7 Å². The Kier molecular flexibility index (Phi) is 4.23. The van der Waals surface area contributed by atoms with Crippen LogP contribution in [0.25, 0.3) is 0 Å². The van der Waals surface area contributed by atoms with Gasteiger partial charge in [-0.15, -0.1) is 0 Å². The summed E-state index contributed by atoms with van der Waals surface area (Å²) in [6.07, 6.45) is 0.504. The molecule has 0 radical (unpaired) electrons. The first-order chi connectivity index (χ1) is 8.17. The van der Waals surface area contributed by atoms with Gasteiger partial charge in [0.25, 0.3) is 0 Å². The maximum Gasteiger partial charge on any atom is 0.339 e. The van der Waals surface area contributed by atoms with Crippen LogP contribution in [0.3, 0.4) is 0 Å². The van der Waals surface area contributed by atoms with Crippen LogP contribution in [0.5, 0.6) is 5.75 Å². The molecule has 0 bridgehead atoms. The molecule has 0 saturated heterocycles. The van der Waals surface area contributed by atoms with Gasteiger partial charge in [0, 0.05) is 5.56 Å². The Morgan fingerprint density at radius 2 is 2.24 bits per heavy atom. The highest BCUT2D eigenvalue weighted by molar-refractivity contribution is 5.96. The normalized spacial score (nSPS) is 9.24. The van der Waals surface area contributed by atoms with Gasteiger partial charge in [0.1, 0.15) is 11.8 Å². The second-order valence-corrected chi connectivity index (χ2v) is 3.09. The van der Waals surface area contributed by atoms with Crippen molar-refractivity contribution in [3.05, 3.63) is 28.8 Å². The number of hydrogen-bond donors (Lipinski definition) is 0. The van der Waals surface area contributed by atoms with Crippen LogP contribution in [-0.2, 0) is 4.74 Å². The first kappa shape index (κ1) is 12.7. The quantitative estimate of drug-likeness (QED) is 0.582. The molecule has 88 valence electrons. The van der Waals surface area contributed by atoms with E-state index >= 15 is 0 Å². The van der Waals surface area contributed by atoms with Gasteiger partial charge in [-0.3, -0.25) is 4.79 Å². The second-order valence-electron chi connectivity index (χ2n) is 3.09. The van der Waals surface area contributed by atoms with Crippen LogP contribution >= 0.6 is 0 Å². The summed E-state index contributed by atoms with van der Waals surface area (Å²) in [5.74, 6) is -0.319. The van der Waals surface area contributed by atoms with Gasteiger partial charge in [-0.1, -0.05) is 0 Å². The predicted octanol–water partition coefficient (Wildman–Crippen LogP) is 1.56. The number of hydrogen-bond acceptors (Lipinski definition) is 5. The molecule has 0 atom stereocenters. The lowest BCUT2D eigenvalue weighted by Crippen LogP contribution is -2.09. The molecule has 1 aromatic rings. The van der Waals surface area contributed by atoms with Gasteiger partial charge in [-0.25, -0.2) is 4.79 Å². The van der Waals surface area contributed by atoms with Gasteiger partial charge in [-0.05, 0) is 19.1 Å². The smallest absolute Gasteiger partial charge is 0.339 e. The molecular formula is C12H11NO4. The molecule has 0 aliphatic heterocycles. The molecule has 0 aliphatic carbocycles. The number of carbonyl (C=O) groups is 2. The van der Waals surface area contributed by atoms with Crippen molar-refractivity contribution in [3.8, 4) is 11.8 Å².